The number of hydrogen-bond acceptors (Lipinski definition) is 4. The number of nitrogens with one attached hydrogen (secondary N) is 1. The average molecular weight is 681 g/mol. The van der Waals surface area contributed by atoms with Gasteiger partial charge in [-0.1, -0.05) is 76.9 Å². The predicted octanol–water partition coefficient (Wildman–Crippen LogP) is 7.60. The van der Waals surface area contributed by atoms with Gasteiger partial charge in [0.1, 0.15) is 5.75 Å². The van der Waals surface area contributed by atoms with Crippen LogP contribution in [0.1, 0.15) is 52.7 Å². The van der Waals surface area contributed by atoms with Crippen molar-refractivity contribution in [1.29, 1.82) is 0 Å². The van der Waals surface area contributed by atoms with E-state index in [4.69, 9.17) is 5.73 Å². The first kappa shape index (κ1) is 33.2. The lowest BCUT2D eigenvalue weighted by Gasteiger charge is -2.28. The van der Waals surface area contributed by atoms with Crippen LogP contribution in [0, 0.1) is 11.8 Å². The number of nitrogens with zero attached hydrogens (tertiary/aromatic N) is 1. The summed E-state index contributed by atoms with van der Waals surface area (Å²) < 4.78 is 0.984. The Hall–Kier alpha value is -4.20. The van der Waals surface area contributed by atoms with Crippen molar-refractivity contribution in [2.45, 2.75) is 38.6 Å². The minimum absolute atomic E-state index is 0.0589. The van der Waals surface area contributed by atoms with E-state index < -0.39 is 0 Å². The van der Waals surface area contributed by atoms with E-state index in [2.05, 4.69) is 27.3 Å². The van der Waals surface area contributed by atoms with Crippen LogP contribution < -0.4 is 11.1 Å². The van der Waals surface area contributed by atoms with Crippen molar-refractivity contribution >= 4 is 33.8 Å². The number of aromatic hydroxyl groups is 1. The Kier molecular flexibility index (Phi) is 11.8. The van der Waals surface area contributed by atoms with Crippen LogP contribution in [0.5, 0.6) is 5.75 Å². The number of amides is 2. The first-order chi connectivity index (χ1) is 22.4. The number of nitrogens with two attached hydrogens (primary N) is 1. The molecule has 0 radical (unpaired) electrons. The van der Waals surface area contributed by atoms with Gasteiger partial charge in [0.15, 0.2) is 0 Å². The van der Waals surface area contributed by atoms with Gasteiger partial charge in [0.2, 0.25) is 5.91 Å². The van der Waals surface area contributed by atoms with Crippen LogP contribution in [-0.2, 0) is 17.8 Å². The lowest BCUT2D eigenvalue weighted by molar-refractivity contribution is -0.126. The van der Waals surface area contributed by atoms with Gasteiger partial charge >= 0.3 is 0 Å². The molecule has 2 atom stereocenters. The number of hydrogen-bond donors (Lipinski definition) is 3. The quantitative estimate of drug-likeness (QED) is 0.134. The maximum Gasteiger partial charge on any atom is 0.251 e. The molecule has 46 heavy (non-hydrogen) atoms. The summed E-state index contributed by atoms with van der Waals surface area (Å²) in [5.74, 6) is 1.12. The second-order valence-corrected chi connectivity index (χ2v) is 13.1. The maximum absolute atomic E-state index is 13.5. The maximum atomic E-state index is 13.5. The van der Waals surface area contributed by atoms with E-state index >= 15 is 0 Å². The van der Waals surface area contributed by atoms with E-state index in [1.54, 1.807) is 18.2 Å². The Balaban J connectivity index is 1.28. The van der Waals surface area contributed by atoms with Crippen LogP contribution in [0.2, 0.25) is 0 Å². The van der Waals surface area contributed by atoms with Crippen LogP contribution in [0.15, 0.2) is 108 Å². The lowest BCUT2D eigenvalue weighted by atomic mass is 9.81. The van der Waals surface area contributed by atoms with E-state index in [9.17, 15) is 14.7 Å². The summed E-state index contributed by atoms with van der Waals surface area (Å²) >= 11 is 3.45. The third kappa shape index (κ3) is 9.65. The van der Waals surface area contributed by atoms with E-state index in [-0.39, 0.29) is 17.6 Å². The number of benzene rings is 4. The molecule has 1 fully saturated rings. The zero-order valence-electron chi connectivity index (χ0n) is 26.1. The second kappa shape index (κ2) is 16.4. The molecule has 2 unspecified atom stereocenters. The van der Waals surface area contributed by atoms with E-state index in [0.717, 1.165) is 51.7 Å². The topological polar surface area (TPSA) is 95.7 Å². The standard InChI is InChI=1S/C39H42BrN3O3/c40-36-15-10-28(11-16-36)14-19-38(45)43(21-20-29-12-17-37(44)18-13-29)27-32-6-2-7-33(23-32)34-8-3-9-35(24-34)39(46)42-26-31-5-1-4-30(22-31)25-41/h2-3,6-19,23-24,30-31,44H,1,4-5,20-22,25-27,41H2,(H,42,46)/b19-14+. The Labute approximate surface area is 280 Å². The summed E-state index contributed by atoms with van der Waals surface area (Å²) in [7, 11) is 0. The highest BCUT2D eigenvalue weighted by Gasteiger charge is 2.21. The van der Waals surface area contributed by atoms with Crippen LogP contribution in [0.25, 0.3) is 17.2 Å². The fourth-order valence-corrected chi connectivity index (χ4v) is 6.36. The average Bonchev–Trinajstić information content (AvgIpc) is 3.09. The van der Waals surface area contributed by atoms with Gasteiger partial charge in [-0.05, 0) is 120 Å². The molecule has 4 aromatic rings. The third-order valence-electron chi connectivity index (χ3n) is 8.74. The highest BCUT2D eigenvalue weighted by Crippen LogP contribution is 2.28. The Morgan fingerprint density at radius 1 is 0.891 bits per heavy atom. The van der Waals surface area contributed by atoms with Gasteiger partial charge < -0.3 is 21.1 Å². The van der Waals surface area contributed by atoms with Gasteiger partial charge in [0.25, 0.3) is 5.91 Å². The molecule has 6 nitrogen and oxygen atoms in total. The van der Waals surface area contributed by atoms with Crippen LogP contribution in [-0.4, -0.2) is 41.5 Å². The molecule has 4 aromatic carbocycles. The normalized spacial score (nSPS) is 16.3. The molecular weight excluding hydrogens is 638 g/mol. The molecule has 0 bridgehead atoms. The van der Waals surface area contributed by atoms with Crippen molar-refractivity contribution in [3.8, 4) is 16.9 Å². The van der Waals surface area contributed by atoms with Gasteiger partial charge in [-0.2, -0.15) is 0 Å². The lowest BCUT2D eigenvalue weighted by Crippen LogP contribution is -2.33. The fraction of sp³-hybridized carbons (Fsp3) is 0.282. The Bertz CT molecular complexity index is 1640. The monoisotopic (exact) mass is 679 g/mol. The predicted molar refractivity (Wildman–Crippen MR) is 189 cm³/mol. The molecule has 4 N–H and O–H groups in total. The van der Waals surface area contributed by atoms with Crippen molar-refractivity contribution in [2.75, 3.05) is 19.6 Å². The van der Waals surface area contributed by atoms with Crippen molar-refractivity contribution in [2.24, 2.45) is 17.6 Å². The first-order valence-electron chi connectivity index (χ1n) is 16.0. The van der Waals surface area contributed by atoms with Crippen molar-refractivity contribution in [1.82, 2.24) is 10.2 Å². The van der Waals surface area contributed by atoms with Crippen LogP contribution >= 0.6 is 15.9 Å². The number of halogens is 1. The van der Waals surface area contributed by atoms with Crippen LogP contribution in [0.4, 0.5) is 0 Å². The van der Waals surface area contributed by atoms with Crippen molar-refractivity contribution in [3.05, 3.63) is 130 Å². The highest BCUT2D eigenvalue weighted by atomic mass is 79.9. The largest absolute Gasteiger partial charge is 0.508 e. The minimum Gasteiger partial charge on any atom is -0.508 e. The Morgan fingerprint density at radius 3 is 2.37 bits per heavy atom. The highest BCUT2D eigenvalue weighted by molar-refractivity contribution is 9.10. The summed E-state index contributed by atoms with van der Waals surface area (Å²) in [5, 5.41) is 12.8. The zero-order chi connectivity index (χ0) is 32.3. The molecule has 0 heterocycles. The molecule has 7 heteroatoms. The minimum atomic E-state index is -0.0819. The molecule has 0 spiro atoms. The smallest absolute Gasteiger partial charge is 0.251 e. The third-order valence-corrected chi connectivity index (χ3v) is 9.27. The molecule has 0 saturated heterocycles. The number of phenols is 1. The molecule has 0 aliphatic heterocycles. The molecule has 5 rings (SSSR count). The van der Waals surface area contributed by atoms with Gasteiger partial charge in [-0.3, -0.25) is 9.59 Å². The van der Waals surface area contributed by atoms with E-state index in [1.165, 1.54) is 12.8 Å². The number of rotatable bonds is 12. The summed E-state index contributed by atoms with van der Waals surface area (Å²) in [6.45, 7) is 2.35. The number of phenolic OH excluding ortho intramolecular Hbond substituents is 1. The first-order valence-corrected chi connectivity index (χ1v) is 16.8. The van der Waals surface area contributed by atoms with Gasteiger partial charge in [-0.25, -0.2) is 0 Å². The molecule has 1 saturated carbocycles. The fourth-order valence-electron chi connectivity index (χ4n) is 6.09. The van der Waals surface area contributed by atoms with Gasteiger partial charge in [0, 0.05) is 35.7 Å². The van der Waals surface area contributed by atoms with E-state index in [1.807, 2.05) is 89.8 Å². The molecule has 1 aliphatic rings. The second-order valence-electron chi connectivity index (χ2n) is 12.2. The Morgan fingerprint density at radius 2 is 1.61 bits per heavy atom. The zero-order valence-corrected chi connectivity index (χ0v) is 27.7. The van der Waals surface area contributed by atoms with Crippen molar-refractivity contribution in [3.63, 3.8) is 0 Å². The van der Waals surface area contributed by atoms with Crippen LogP contribution in [0.3, 0.4) is 0 Å². The van der Waals surface area contributed by atoms with Crippen molar-refractivity contribution < 1.29 is 14.7 Å². The summed E-state index contributed by atoms with van der Waals surface area (Å²) in [6.07, 6.45) is 8.69. The number of carbonyl (C=O) groups is 2. The SMILES string of the molecule is NCC1CCCC(CNC(=O)c2cccc(-c3cccc(CN(CCc4ccc(O)cc4)C(=O)/C=C/c4ccc(Br)cc4)c3)c2)C1. The summed E-state index contributed by atoms with van der Waals surface area (Å²) in [4.78, 5) is 28.4. The van der Waals surface area contributed by atoms with Gasteiger partial charge in [-0.15, -0.1) is 0 Å². The van der Waals surface area contributed by atoms with Gasteiger partial charge in [0.05, 0.1) is 0 Å². The molecule has 238 valence electrons. The molecular formula is C39H42BrN3O3. The summed E-state index contributed by atoms with van der Waals surface area (Å²) in [5.41, 5.74) is 11.5. The summed E-state index contributed by atoms with van der Waals surface area (Å²) in [6, 6.07) is 30.8. The molecule has 2 amide bonds. The molecule has 1 aliphatic carbocycles. The molecule has 0 aromatic heterocycles. The van der Waals surface area contributed by atoms with E-state index in [0.29, 0.717) is 43.5 Å². The number of carbonyl (C=O) groups excluding carboxylic acids is 2.